The first-order valence-corrected chi connectivity index (χ1v) is 40.3. The molecule has 2 aromatic carbocycles. The highest BCUT2D eigenvalue weighted by atomic mass is 16.3. The molecule has 3 aliphatic rings. The lowest BCUT2D eigenvalue weighted by Gasteiger charge is -2.40. The van der Waals surface area contributed by atoms with Crippen molar-refractivity contribution >= 4 is 100 Å². The monoisotopic (exact) mass is 1670 g/mol. The minimum absolute atomic E-state index is 0.0239. The first-order chi connectivity index (χ1) is 55.0. The van der Waals surface area contributed by atoms with Gasteiger partial charge in [-0.05, 0) is 159 Å². The number of likely N-dealkylation sites (tertiary alicyclic amines) is 3. The van der Waals surface area contributed by atoms with Crippen LogP contribution in [0.3, 0.4) is 0 Å². The topological polar surface area (TPSA) is 543 Å². The van der Waals surface area contributed by atoms with Crippen LogP contribution in [0.5, 0.6) is 0 Å². The number of nitrogens with zero attached hydrogens (tertiary/aromatic N) is 3. The number of carbonyl (C=O) groups excluding carboxylic acids is 17. The molecule has 17 amide bonds. The third-order valence-electron chi connectivity index (χ3n) is 21.8. The largest absolute Gasteiger partial charge is 0.394 e. The molecule has 0 aromatic heterocycles. The number of benzene rings is 2. The summed E-state index contributed by atoms with van der Waals surface area (Å²) in [5, 5.41) is 65.9. The molecule has 3 aliphatic heterocycles. The molecule has 37 heteroatoms. The fourth-order valence-electron chi connectivity index (χ4n) is 14.1. The van der Waals surface area contributed by atoms with Crippen LogP contribution < -0.4 is 74.9 Å². The summed E-state index contributed by atoms with van der Waals surface area (Å²) < 4.78 is 0. The highest BCUT2D eigenvalue weighted by molar-refractivity contribution is 6.06. The Kier molecular flexibility index (Phi) is 34.1. The maximum absolute atomic E-state index is 14.6. The van der Waals surface area contributed by atoms with Gasteiger partial charge in [-0.3, -0.25) is 91.7 Å². The number of imide groups is 1. The van der Waals surface area contributed by atoms with Gasteiger partial charge in [0.15, 0.2) is 0 Å². The summed E-state index contributed by atoms with van der Waals surface area (Å²) in [6.45, 7) is 25.6. The molecule has 660 valence electrons. The van der Waals surface area contributed by atoms with Gasteiger partial charge in [0, 0.05) is 52.2 Å². The number of aliphatic hydroxyl groups is 3. The van der Waals surface area contributed by atoms with Gasteiger partial charge in [0.1, 0.15) is 69.0 Å². The van der Waals surface area contributed by atoms with Crippen molar-refractivity contribution in [3.63, 3.8) is 0 Å². The Balaban J connectivity index is 1.18. The van der Waals surface area contributed by atoms with Crippen LogP contribution in [0.15, 0.2) is 60.7 Å². The Morgan fingerprint density at radius 1 is 0.487 bits per heavy atom. The zero-order valence-corrected chi connectivity index (χ0v) is 72.1. The molecule has 11 atom stereocenters. The van der Waals surface area contributed by atoms with Crippen LogP contribution in [-0.2, 0) is 94.3 Å². The number of hydrogen-bond donors (Lipinski definition) is 17. The van der Waals surface area contributed by atoms with Crippen LogP contribution in [0.1, 0.15) is 200 Å². The average molecular weight is 1670 g/mol. The van der Waals surface area contributed by atoms with Crippen LogP contribution >= 0.6 is 0 Å². The summed E-state index contributed by atoms with van der Waals surface area (Å²) in [7, 11) is 0. The summed E-state index contributed by atoms with van der Waals surface area (Å²) >= 11 is 0. The standard InChI is InChI=1S/C82H127N17O20/c1-20-81(18,74(119)98-44-52(103)41-58(98)66(111)92-75(6,7)67(112)86-50(45-100)38-48-29-24-22-25-30-48)93-61(106)53(34-35-59(83)104)88-65(110)57-40-51(102)43-97(57)73(118)80(16,17)96-70(115)78(12,13)90-62(107)54(37-46(3)4)87-60(105)42-84-72(117)82(19,21-2)99-36-28-33-56(99)64(109)89-68(113)76(8,9)94-71(116)79(14,15)95-69(114)77(10,11)91-63(108)55(85-47(5)101)39-49-31-26-23-27-32-49/h22-27,29-32,46,50-58,100,102-103H,20-21,28,33-45H2,1-19H3,(H2,83,104)(H,84,117)(H,85,101)(H,86,112)(H,87,105)(H,88,110)(H,90,107)(H,91,108)(H,92,111)(H,93,106)(H,94,116)(H,95,114)(H,96,115)(H,89,109,113). The Bertz CT molecular complexity index is 4080. The first kappa shape index (κ1) is 99.0. The van der Waals surface area contributed by atoms with Gasteiger partial charge < -0.3 is 94.7 Å². The molecule has 37 nitrogen and oxygen atoms in total. The lowest BCUT2D eigenvalue weighted by Crippen LogP contribution is -2.67. The SMILES string of the molecule is CCC(C)(NC(=O)C(CCC(N)=O)NC(=O)C1CC(O)CN1C(=O)C(C)(C)NC(=O)C(C)(C)NC(=O)C(CC(C)C)NC(=O)CNC(=O)C(C)(CC)N1CCCC1C(=O)NC(=O)C(C)(C)NC(=O)C(C)(C)NC(=O)C(C)(C)NC(=O)C(Cc1ccccc1)NC(C)=O)C(=O)N1CC(O)CC1C(=O)NC(C)(C)C(=O)NC(CO)Cc1ccccc1. The van der Waals surface area contributed by atoms with Crippen LogP contribution in [-0.4, -0.2) is 262 Å². The van der Waals surface area contributed by atoms with Crippen molar-refractivity contribution in [2.24, 2.45) is 11.7 Å². The maximum atomic E-state index is 14.6. The number of aliphatic hydroxyl groups excluding tert-OH is 3. The van der Waals surface area contributed by atoms with Crippen LogP contribution in [0.2, 0.25) is 0 Å². The van der Waals surface area contributed by atoms with Crippen molar-refractivity contribution in [1.82, 2.24) is 83.8 Å². The van der Waals surface area contributed by atoms with E-state index in [1.54, 1.807) is 82.0 Å². The van der Waals surface area contributed by atoms with Gasteiger partial charge in [-0.2, -0.15) is 0 Å². The van der Waals surface area contributed by atoms with E-state index in [0.717, 1.165) is 20.9 Å². The van der Waals surface area contributed by atoms with Gasteiger partial charge in [-0.1, -0.05) is 88.4 Å². The summed E-state index contributed by atoms with van der Waals surface area (Å²) in [5.74, 6) is -14.1. The Labute approximate surface area is 695 Å². The lowest BCUT2D eigenvalue weighted by atomic mass is 9.93. The zero-order chi connectivity index (χ0) is 90.1. The summed E-state index contributed by atoms with van der Waals surface area (Å²) in [6, 6.07) is 9.36. The van der Waals surface area contributed by atoms with E-state index in [1.807, 2.05) is 18.2 Å². The van der Waals surface area contributed by atoms with E-state index < -0.39 is 232 Å². The molecule has 3 heterocycles. The number of carbonyl (C=O) groups is 17. The fraction of sp³-hybridized carbons (Fsp3) is 0.646. The second-order valence-corrected chi connectivity index (χ2v) is 35.3. The maximum Gasteiger partial charge on any atom is 0.251 e. The van der Waals surface area contributed by atoms with Crippen molar-refractivity contribution in [1.29, 1.82) is 0 Å². The minimum atomic E-state index is -1.90. The molecule has 0 saturated carbocycles. The smallest absolute Gasteiger partial charge is 0.251 e. The van der Waals surface area contributed by atoms with Crippen molar-refractivity contribution in [2.45, 2.75) is 301 Å². The predicted octanol–water partition coefficient (Wildman–Crippen LogP) is -2.30. The lowest BCUT2D eigenvalue weighted by molar-refractivity contribution is -0.147. The van der Waals surface area contributed by atoms with Gasteiger partial charge in [0.05, 0.1) is 43.0 Å². The minimum Gasteiger partial charge on any atom is -0.394 e. The molecule has 119 heavy (non-hydrogen) atoms. The average Bonchev–Trinajstić information content (AvgIpc) is 1.51. The summed E-state index contributed by atoms with van der Waals surface area (Å²) in [4.78, 5) is 240. The second kappa shape index (κ2) is 41.0. The Hall–Kier alpha value is -10.5. The van der Waals surface area contributed by atoms with Gasteiger partial charge in [0.25, 0.3) is 5.91 Å². The number of β-amino-alcohol motifs (C(OH)–C–C–N with tert-alkyl or cyclic N) is 2. The van der Waals surface area contributed by atoms with E-state index in [-0.39, 0.29) is 70.4 Å². The Morgan fingerprint density at radius 2 is 0.950 bits per heavy atom. The molecule has 5 rings (SSSR count). The third-order valence-corrected chi connectivity index (χ3v) is 21.8. The molecule has 3 fully saturated rings. The van der Waals surface area contributed by atoms with E-state index in [4.69, 9.17) is 5.73 Å². The molecule has 0 aliphatic carbocycles. The predicted molar refractivity (Wildman–Crippen MR) is 436 cm³/mol. The number of amides is 17. The molecule has 11 unspecified atom stereocenters. The molecule has 0 bridgehead atoms. The highest BCUT2D eigenvalue weighted by Crippen LogP contribution is 2.32. The number of rotatable bonds is 40. The third kappa shape index (κ3) is 27.0. The number of hydrogen-bond acceptors (Lipinski definition) is 21. The molecule has 2 aromatic rings. The van der Waals surface area contributed by atoms with Crippen molar-refractivity contribution < 1.29 is 96.8 Å². The van der Waals surface area contributed by atoms with E-state index in [1.165, 1.54) is 96.9 Å². The normalized spacial score (nSPS) is 19.3. The van der Waals surface area contributed by atoms with Gasteiger partial charge in [-0.15, -0.1) is 0 Å². The zero-order valence-electron chi connectivity index (χ0n) is 72.1. The Morgan fingerprint density at radius 3 is 1.44 bits per heavy atom. The quantitative estimate of drug-likeness (QED) is 0.0334. The second-order valence-electron chi connectivity index (χ2n) is 35.3. The first-order valence-electron chi connectivity index (χ1n) is 40.3. The number of nitrogens with two attached hydrogens (primary N) is 1. The van der Waals surface area contributed by atoms with E-state index >= 15 is 0 Å². The fourth-order valence-corrected chi connectivity index (χ4v) is 14.1. The number of nitrogens with one attached hydrogen (secondary N) is 13. The van der Waals surface area contributed by atoms with Crippen molar-refractivity contribution in [3.05, 3.63) is 71.8 Å². The van der Waals surface area contributed by atoms with Gasteiger partial charge in [-0.25, -0.2) is 0 Å². The molecule has 3 saturated heterocycles. The molecule has 18 N–H and O–H groups in total. The van der Waals surface area contributed by atoms with Crippen molar-refractivity contribution in [2.75, 3.05) is 32.8 Å². The summed E-state index contributed by atoms with van der Waals surface area (Å²) in [5.41, 5.74) is -6.71. The van der Waals surface area contributed by atoms with Crippen LogP contribution in [0.4, 0.5) is 0 Å². The van der Waals surface area contributed by atoms with Crippen molar-refractivity contribution in [3.8, 4) is 0 Å². The summed E-state index contributed by atoms with van der Waals surface area (Å²) in [6.07, 6.45) is -3.03. The van der Waals surface area contributed by atoms with Crippen LogP contribution in [0, 0.1) is 5.92 Å². The van der Waals surface area contributed by atoms with E-state index in [2.05, 4.69) is 69.1 Å². The number of primary amides is 1. The van der Waals surface area contributed by atoms with Gasteiger partial charge >= 0.3 is 0 Å². The molecular weight excluding hydrogens is 1540 g/mol. The molecular formula is C82H127N17O20. The molecule has 0 spiro atoms. The highest BCUT2D eigenvalue weighted by Gasteiger charge is 2.52. The van der Waals surface area contributed by atoms with Crippen LogP contribution in [0.25, 0.3) is 0 Å². The molecule has 0 radical (unpaired) electrons. The van der Waals surface area contributed by atoms with E-state index in [0.29, 0.717) is 6.42 Å². The van der Waals surface area contributed by atoms with Gasteiger partial charge in [0.2, 0.25) is 94.5 Å². The van der Waals surface area contributed by atoms with E-state index in [9.17, 15) is 96.8 Å².